The van der Waals surface area contributed by atoms with Gasteiger partial charge in [0.1, 0.15) is 0 Å². The molecule has 0 aliphatic carbocycles. The van der Waals surface area contributed by atoms with Crippen molar-refractivity contribution >= 4 is 0 Å². The maximum absolute atomic E-state index is 3.54. The molecule has 2 nitrogen and oxygen atoms in total. The molecule has 0 amide bonds. The van der Waals surface area contributed by atoms with Crippen LogP contribution in [0.3, 0.4) is 0 Å². The van der Waals surface area contributed by atoms with E-state index in [4.69, 9.17) is 0 Å². The summed E-state index contributed by atoms with van der Waals surface area (Å²) in [4.78, 5) is 2.69. The molecule has 0 bridgehead atoms. The number of likely N-dealkylation sites (tertiary alicyclic amines) is 1. The average Bonchev–Trinajstić information content (AvgIpc) is 2.39. The summed E-state index contributed by atoms with van der Waals surface area (Å²) in [5.41, 5.74) is 0.395. The lowest BCUT2D eigenvalue weighted by molar-refractivity contribution is 0.101. The predicted octanol–water partition coefficient (Wildman–Crippen LogP) is 1.71. The minimum atomic E-state index is 0.395. The summed E-state index contributed by atoms with van der Waals surface area (Å²) in [6, 6.07) is 0.690. The van der Waals surface area contributed by atoms with Gasteiger partial charge in [0.25, 0.3) is 0 Å². The first-order valence-corrected chi connectivity index (χ1v) is 6.01. The second-order valence-electron chi connectivity index (χ2n) is 5.76. The van der Waals surface area contributed by atoms with E-state index in [2.05, 4.69) is 37.9 Å². The van der Waals surface area contributed by atoms with Crippen LogP contribution in [-0.4, -0.2) is 36.1 Å². The van der Waals surface area contributed by atoms with Gasteiger partial charge in [0.15, 0.2) is 0 Å². The second-order valence-corrected chi connectivity index (χ2v) is 5.76. The zero-order valence-corrected chi connectivity index (χ0v) is 10.0. The van der Waals surface area contributed by atoms with Gasteiger partial charge >= 0.3 is 0 Å². The van der Waals surface area contributed by atoms with Crippen LogP contribution in [0.15, 0.2) is 0 Å². The van der Waals surface area contributed by atoms with Crippen molar-refractivity contribution in [2.45, 2.75) is 45.7 Å². The summed E-state index contributed by atoms with van der Waals surface area (Å²) in [5.74, 6) is 1.80. The Morgan fingerprint density at radius 2 is 2.07 bits per heavy atom. The van der Waals surface area contributed by atoms with Gasteiger partial charge < -0.3 is 5.32 Å². The van der Waals surface area contributed by atoms with Gasteiger partial charge in [-0.05, 0) is 52.5 Å². The Morgan fingerprint density at radius 3 is 2.64 bits per heavy atom. The first-order chi connectivity index (χ1) is 6.53. The molecule has 2 aliphatic heterocycles. The van der Waals surface area contributed by atoms with Crippen molar-refractivity contribution in [1.29, 1.82) is 0 Å². The third-order valence-electron chi connectivity index (χ3n) is 4.33. The van der Waals surface area contributed by atoms with Crippen LogP contribution in [0, 0.1) is 11.8 Å². The molecule has 0 aromatic heterocycles. The number of nitrogens with one attached hydrogen (secondary N) is 1. The quantitative estimate of drug-likeness (QED) is 0.687. The molecule has 2 aliphatic rings. The van der Waals surface area contributed by atoms with Gasteiger partial charge in [-0.15, -0.1) is 0 Å². The van der Waals surface area contributed by atoms with Gasteiger partial charge in [0.2, 0.25) is 0 Å². The van der Waals surface area contributed by atoms with Crippen molar-refractivity contribution in [3.05, 3.63) is 0 Å². The van der Waals surface area contributed by atoms with Crippen LogP contribution in [0.25, 0.3) is 0 Å². The molecule has 1 N–H and O–H groups in total. The summed E-state index contributed by atoms with van der Waals surface area (Å²) >= 11 is 0. The molecule has 0 aromatic rings. The molecule has 2 unspecified atom stereocenters. The van der Waals surface area contributed by atoms with Crippen molar-refractivity contribution in [2.75, 3.05) is 19.6 Å². The number of hydrogen-bond donors (Lipinski definition) is 1. The van der Waals surface area contributed by atoms with Gasteiger partial charge in [-0.25, -0.2) is 0 Å². The minimum Gasteiger partial charge on any atom is -0.316 e. The van der Waals surface area contributed by atoms with Crippen molar-refractivity contribution < 1.29 is 0 Å². The third kappa shape index (κ3) is 1.49. The molecule has 2 fully saturated rings. The largest absolute Gasteiger partial charge is 0.316 e. The van der Waals surface area contributed by atoms with Gasteiger partial charge in [0.05, 0.1) is 0 Å². The Kier molecular flexibility index (Phi) is 2.61. The first kappa shape index (κ1) is 10.4. The Morgan fingerprint density at radius 1 is 1.36 bits per heavy atom. The Balaban J connectivity index is 2.17. The molecule has 0 aromatic carbocycles. The third-order valence-corrected chi connectivity index (χ3v) is 4.33. The van der Waals surface area contributed by atoms with Crippen LogP contribution in [-0.2, 0) is 0 Å². The zero-order valence-electron chi connectivity index (χ0n) is 10.0. The number of piperidine rings is 1. The number of rotatable bonds is 1. The molecule has 14 heavy (non-hydrogen) atoms. The number of hydrogen-bond acceptors (Lipinski definition) is 2. The number of fused-ring (bicyclic) bond motifs is 1. The minimum absolute atomic E-state index is 0.395. The summed E-state index contributed by atoms with van der Waals surface area (Å²) in [7, 11) is 0. The Hall–Kier alpha value is -0.0800. The lowest BCUT2D eigenvalue weighted by Crippen LogP contribution is -2.49. The van der Waals surface area contributed by atoms with E-state index in [1.165, 1.54) is 26.1 Å². The van der Waals surface area contributed by atoms with E-state index in [0.717, 1.165) is 11.8 Å². The fourth-order valence-corrected chi connectivity index (χ4v) is 3.54. The predicted molar refractivity (Wildman–Crippen MR) is 60.4 cm³/mol. The molecular weight excluding hydrogens is 172 g/mol. The first-order valence-electron chi connectivity index (χ1n) is 6.01. The van der Waals surface area contributed by atoms with Crippen LogP contribution >= 0.6 is 0 Å². The highest BCUT2D eigenvalue weighted by atomic mass is 15.3. The van der Waals surface area contributed by atoms with Crippen LogP contribution < -0.4 is 5.32 Å². The molecule has 0 spiro atoms. The number of nitrogens with zero attached hydrogens (tertiary/aromatic N) is 1. The molecular formula is C12H24N2. The van der Waals surface area contributed by atoms with Crippen molar-refractivity contribution in [3.8, 4) is 0 Å². The van der Waals surface area contributed by atoms with E-state index >= 15 is 0 Å². The summed E-state index contributed by atoms with van der Waals surface area (Å²) < 4.78 is 0. The van der Waals surface area contributed by atoms with Gasteiger partial charge in [-0.3, -0.25) is 4.90 Å². The molecule has 2 rings (SSSR count). The lowest BCUT2D eigenvalue weighted by atomic mass is 9.79. The molecule has 2 saturated heterocycles. The lowest BCUT2D eigenvalue weighted by Gasteiger charge is -2.40. The van der Waals surface area contributed by atoms with E-state index in [9.17, 15) is 0 Å². The van der Waals surface area contributed by atoms with E-state index < -0.39 is 0 Å². The molecule has 2 heteroatoms. The van der Waals surface area contributed by atoms with Crippen LogP contribution in [0.5, 0.6) is 0 Å². The maximum Gasteiger partial charge on any atom is 0.0199 e. The summed E-state index contributed by atoms with van der Waals surface area (Å²) in [6.07, 6.45) is 1.37. The smallest absolute Gasteiger partial charge is 0.0199 e. The summed E-state index contributed by atoms with van der Waals surface area (Å²) in [5, 5.41) is 3.54. The topological polar surface area (TPSA) is 15.3 Å². The van der Waals surface area contributed by atoms with Crippen LogP contribution in [0.4, 0.5) is 0 Å². The van der Waals surface area contributed by atoms with Gasteiger partial charge in [-0.1, -0.05) is 0 Å². The van der Waals surface area contributed by atoms with E-state index in [0.29, 0.717) is 11.6 Å². The fourth-order valence-electron chi connectivity index (χ4n) is 3.54. The van der Waals surface area contributed by atoms with E-state index in [1.807, 2.05) is 0 Å². The molecule has 0 saturated carbocycles. The van der Waals surface area contributed by atoms with Crippen LogP contribution in [0.1, 0.15) is 34.1 Å². The van der Waals surface area contributed by atoms with E-state index in [1.54, 1.807) is 0 Å². The Bertz CT molecular complexity index is 206. The molecule has 0 radical (unpaired) electrons. The van der Waals surface area contributed by atoms with Crippen molar-refractivity contribution in [1.82, 2.24) is 10.2 Å². The fraction of sp³-hybridized carbons (Fsp3) is 1.00. The standard InChI is InChI=1S/C12H24N2/c1-9(2)14-8-10-5-6-13-7-11(10)12(14,3)4/h9-11,13H,5-8H2,1-4H3. The zero-order chi connectivity index (χ0) is 10.3. The van der Waals surface area contributed by atoms with Crippen LogP contribution in [0.2, 0.25) is 0 Å². The van der Waals surface area contributed by atoms with Gasteiger partial charge in [0, 0.05) is 24.7 Å². The maximum atomic E-state index is 3.54. The molecule has 82 valence electrons. The Labute approximate surface area is 88.1 Å². The highest BCUT2D eigenvalue weighted by molar-refractivity contribution is 5.03. The monoisotopic (exact) mass is 196 g/mol. The highest BCUT2D eigenvalue weighted by Gasteiger charge is 2.48. The van der Waals surface area contributed by atoms with E-state index in [-0.39, 0.29) is 0 Å². The van der Waals surface area contributed by atoms with Crippen molar-refractivity contribution in [3.63, 3.8) is 0 Å². The molecule has 2 heterocycles. The summed E-state index contributed by atoms with van der Waals surface area (Å²) in [6.45, 7) is 13.3. The second kappa shape index (κ2) is 3.49. The van der Waals surface area contributed by atoms with Gasteiger partial charge in [-0.2, -0.15) is 0 Å². The molecule has 2 atom stereocenters. The highest BCUT2D eigenvalue weighted by Crippen LogP contribution is 2.42. The van der Waals surface area contributed by atoms with Crippen molar-refractivity contribution in [2.24, 2.45) is 11.8 Å². The average molecular weight is 196 g/mol. The normalized spacial score (nSPS) is 37.5. The SMILES string of the molecule is CC(C)N1CC2CCNCC2C1(C)C.